The van der Waals surface area contributed by atoms with Crippen molar-refractivity contribution in [1.82, 2.24) is 14.3 Å². The van der Waals surface area contributed by atoms with Gasteiger partial charge in [0.2, 0.25) is 4.80 Å². The van der Waals surface area contributed by atoms with Crippen LogP contribution in [0.4, 0.5) is 0 Å². The fraction of sp³-hybridized carbons (Fsp3) is 0.0741. The third-order valence-corrected chi connectivity index (χ3v) is 6.61. The monoisotopic (exact) mass is 483 g/mol. The summed E-state index contributed by atoms with van der Waals surface area (Å²) in [6.45, 7) is 4.03. The minimum absolute atomic E-state index is 0.710. The van der Waals surface area contributed by atoms with E-state index >= 15 is 0 Å². The van der Waals surface area contributed by atoms with Gasteiger partial charge in [-0.15, -0.1) is 16.4 Å². The van der Waals surface area contributed by atoms with Gasteiger partial charge in [-0.2, -0.15) is 10.2 Å². The first-order chi connectivity index (χ1) is 16.6. The van der Waals surface area contributed by atoms with E-state index in [4.69, 9.17) is 16.7 Å². The maximum absolute atomic E-state index is 6.11. The van der Waals surface area contributed by atoms with Crippen molar-refractivity contribution in [3.8, 4) is 22.6 Å². The lowest BCUT2D eigenvalue weighted by Crippen LogP contribution is -2.13. The zero-order chi connectivity index (χ0) is 23.5. The second kappa shape index (κ2) is 9.63. The molecule has 0 spiro atoms. The molecule has 5 aromatic rings. The number of hydrogen-bond donors (Lipinski definition) is 0. The fourth-order valence-electron chi connectivity index (χ4n) is 3.83. The standard InChI is InChI=1S/C27H22ClN5S/c1-19-25(20(2)33(31-19)24-11-7-4-8-12-24)17-29-30-27-32(23-9-5-3-6-10-23)26(18-34-27)21-13-15-22(28)16-14-21/h3-18H,1-2H3/b29-17+,30-27-. The van der Waals surface area contributed by atoms with Crippen LogP contribution in [-0.4, -0.2) is 20.6 Å². The minimum Gasteiger partial charge on any atom is -0.284 e. The summed E-state index contributed by atoms with van der Waals surface area (Å²) in [6.07, 6.45) is 1.79. The summed E-state index contributed by atoms with van der Waals surface area (Å²) < 4.78 is 4.04. The van der Waals surface area contributed by atoms with Crippen molar-refractivity contribution >= 4 is 29.2 Å². The second-order valence-corrected chi connectivity index (χ2v) is 9.03. The van der Waals surface area contributed by atoms with Gasteiger partial charge in [-0.25, -0.2) is 4.68 Å². The van der Waals surface area contributed by atoms with Crippen molar-refractivity contribution in [2.45, 2.75) is 13.8 Å². The van der Waals surface area contributed by atoms with Crippen LogP contribution < -0.4 is 4.80 Å². The molecule has 0 unspecified atom stereocenters. The third kappa shape index (κ3) is 4.38. The Balaban J connectivity index is 1.56. The molecule has 0 amide bonds. The molecule has 2 aromatic heterocycles. The predicted octanol–water partition coefficient (Wildman–Crippen LogP) is 6.60. The number of nitrogens with zero attached hydrogens (tertiary/aromatic N) is 5. The molecule has 0 aliphatic carbocycles. The zero-order valence-electron chi connectivity index (χ0n) is 18.8. The lowest BCUT2D eigenvalue weighted by atomic mass is 10.1. The Morgan fingerprint density at radius 3 is 2.18 bits per heavy atom. The van der Waals surface area contributed by atoms with Gasteiger partial charge < -0.3 is 0 Å². The summed E-state index contributed by atoms with van der Waals surface area (Å²) in [5, 5.41) is 16.6. The van der Waals surface area contributed by atoms with Gasteiger partial charge in [-0.1, -0.05) is 60.1 Å². The Hall–Kier alpha value is -3.74. The first-order valence-corrected chi connectivity index (χ1v) is 12.1. The number of rotatable bonds is 5. The number of halogens is 1. The molecule has 0 radical (unpaired) electrons. The van der Waals surface area contributed by atoms with Crippen LogP contribution in [0, 0.1) is 13.8 Å². The van der Waals surface area contributed by atoms with Gasteiger partial charge >= 0.3 is 0 Å². The highest BCUT2D eigenvalue weighted by molar-refractivity contribution is 7.07. The van der Waals surface area contributed by atoms with Crippen molar-refractivity contribution in [3.63, 3.8) is 0 Å². The van der Waals surface area contributed by atoms with Crippen LogP contribution in [0.15, 0.2) is 101 Å². The molecular formula is C27H22ClN5S. The number of para-hydroxylation sites is 2. The quantitative estimate of drug-likeness (QED) is 0.205. The molecule has 5 rings (SSSR count). The number of aryl methyl sites for hydroxylation is 1. The maximum atomic E-state index is 6.11. The summed E-state index contributed by atoms with van der Waals surface area (Å²) in [5.74, 6) is 0. The van der Waals surface area contributed by atoms with Gasteiger partial charge in [0.05, 0.1) is 29.0 Å². The number of hydrogen-bond acceptors (Lipinski definition) is 4. The van der Waals surface area contributed by atoms with Crippen LogP contribution in [-0.2, 0) is 0 Å². The average molecular weight is 484 g/mol. The lowest BCUT2D eigenvalue weighted by Gasteiger charge is -2.09. The van der Waals surface area contributed by atoms with Gasteiger partial charge in [-0.05, 0) is 55.8 Å². The Bertz CT molecular complexity index is 1510. The molecule has 5 nitrogen and oxygen atoms in total. The molecule has 0 aliphatic heterocycles. The van der Waals surface area contributed by atoms with E-state index < -0.39 is 0 Å². The molecule has 0 aliphatic rings. The largest absolute Gasteiger partial charge is 0.284 e. The molecule has 0 N–H and O–H groups in total. The zero-order valence-corrected chi connectivity index (χ0v) is 20.3. The van der Waals surface area contributed by atoms with Crippen LogP contribution in [0.2, 0.25) is 5.02 Å². The highest BCUT2D eigenvalue weighted by atomic mass is 35.5. The molecule has 0 atom stereocenters. The number of thiazole rings is 1. The molecule has 0 saturated carbocycles. The summed E-state index contributed by atoms with van der Waals surface area (Å²) in [4.78, 5) is 0.776. The summed E-state index contributed by atoms with van der Waals surface area (Å²) in [7, 11) is 0. The molecule has 2 heterocycles. The summed E-state index contributed by atoms with van der Waals surface area (Å²) in [5.41, 5.74) is 7.03. The van der Waals surface area contributed by atoms with Crippen LogP contribution in [0.25, 0.3) is 22.6 Å². The Morgan fingerprint density at radius 1 is 0.853 bits per heavy atom. The molecule has 0 saturated heterocycles. The highest BCUT2D eigenvalue weighted by Crippen LogP contribution is 2.25. The predicted molar refractivity (Wildman–Crippen MR) is 140 cm³/mol. The van der Waals surface area contributed by atoms with E-state index in [1.165, 1.54) is 0 Å². The van der Waals surface area contributed by atoms with Gasteiger partial charge in [0, 0.05) is 21.7 Å². The first-order valence-electron chi connectivity index (χ1n) is 10.8. The molecular weight excluding hydrogens is 462 g/mol. The van der Waals surface area contributed by atoms with Crippen molar-refractivity contribution < 1.29 is 0 Å². The topological polar surface area (TPSA) is 47.5 Å². The van der Waals surface area contributed by atoms with E-state index in [1.807, 2.05) is 91.3 Å². The van der Waals surface area contributed by atoms with Gasteiger partial charge in [-0.3, -0.25) is 4.57 Å². The highest BCUT2D eigenvalue weighted by Gasteiger charge is 2.12. The molecule has 0 fully saturated rings. The molecule has 3 aromatic carbocycles. The van der Waals surface area contributed by atoms with Gasteiger partial charge in [0.1, 0.15) is 0 Å². The summed E-state index contributed by atoms with van der Waals surface area (Å²) in [6, 6.07) is 28.1. The molecule has 168 valence electrons. The lowest BCUT2D eigenvalue weighted by molar-refractivity contribution is 0.833. The average Bonchev–Trinajstić information content (AvgIpc) is 3.42. The van der Waals surface area contributed by atoms with Crippen molar-refractivity contribution in [1.29, 1.82) is 0 Å². The molecule has 34 heavy (non-hydrogen) atoms. The fourth-order valence-corrected chi connectivity index (χ4v) is 4.82. The van der Waals surface area contributed by atoms with E-state index in [0.717, 1.165) is 44.4 Å². The van der Waals surface area contributed by atoms with Crippen molar-refractivity contribution in [3.05, 3.63) is 117 Å². The van der Waals surface area contributed by atoms with Crippen LogP contribution in [0.1, 0.15) is 17.0 Å². The van der Waals surface area contributed by atoms with Crippen molar-refractivity contribution in [2.24, 2.45) is 10.2 Å². The minimum atomic E-state index is 0.710. The Kier molecular flexibility index (Phi) is 6.25. The maximum Gasteiger partial charge on any atom is 0.215 e. The van der Waals surface area contributed by atoms with E-state index in [9.17, 15) is 0 Å². The van der Waals surface area contributed by atoms with E-state index in [1.54, 1.807) is 17.6 Å². The molecule has 0 bridgehead atoms. The van der Waals surface area contributed by atoms with Crippen LogP contribution >= 0.6 is 22.9 Å². The summed E-state index contributed by atoms with van der Waals surface area (Å²) >= 11 is 7.65. The normalized spacial score (nSPS) is 12.0. The van der Waals surface area contributed by atoms with Gasteiger partial charge in [0.25, 0.3) is 0 Å². The number of benzene rings is 3. The smallest absolute Gasteiger partial charge is 0.215 e. The van der Waals surface area contributed by atoms with Crippen LogP contribution in [0.5, 0.6) is 0 Å². The SMILES string of the molecule is Cc1nn(-c2ccccc2)c(C)c1/C=N/N=c1\scc(-c2ccc(Cl)cc2)n1-c1ccccc1. The second-order valence-electron chi connectivity index (χ2n) is 7.76. The van der Waals surface area contributed by atoms with E-state index in [2.05, 4.69) is 32.3 Å². The Morgan fingerprint density at radius 2 is 1.50 bits per heavy atom. The van der Waals surface area contributed by atoms with Crippen molar-refractivity contribution in [2.75, 3.05) is 0 Å². The van der Waals surface area contributed by atoms with Crippen LogP contribution in [0.3, 0.4) is 0 Å². The number of aromatic nitrogens is 3. The first kappa shape index (κ1) is 22.1. The third-order valence-electron chi connectivity index (χ3n) is 5.54. The van der Waals surface area contributed by atoms with E-state index in [0.29, 0.717) is 5.02 Å². The van der Waals surface area contributed by atoms with E-state index in [-0.39, 0.29) is 0 Å². The molecule has 7 heteroatoms. The Labute approximate surface area is 206 Å². The van der Waals surface area contributed by atoms with Gasteiger partial charge in [0.15, 0.2) is 0 Å².